The van der Waals surface area contributed by atoms with Crippen molar-refractivity contribution in [1.29, 1.82) is 0 Å². The Balaban J connectivity index is 4.63. The summed E-state index contributed by atoms with van der Waals surface area (Å²) in [6.07, 6.45) is 65.6. The first-order valence-electron chi connectivity index (χ1n) is 28.0. The standard InChI is InChI=1S/C59H107NO5/c1-4-7-10-13-16-19-22-24-26-28-30-32-34-37-40-43-46-49-52-59(64)65-55(50-47-44-41-38-36-33-31-29-27-25-23-20-17-14-11-8-5-2)53-58(63)60-56(54-61)57(62)51-48-45-42-39-35-21-18-15-12-9-6-3/h17,20,22,24-28,30,32,55-57,61-62H,4-16,18-19,21,23,29,31,33-54H2,1-3H3,(H,60,63)/b20-17-,24-22+,27-25-,28-26+,32-30+. The Hall–Kier alpha value is -2.44. The van der Waals surface area contributed by atoms with Crippen LogP contribution in [-0.2, 0) is 14.3 Å². The van der Waals surface area contributed by atoms with Gasteiger partial charge in [-0.05, 0) is 83.5 Å². The molecule has 3 unspecified atom stereocenters. The van der Waals surface area contributed by atoms with Crippen molar-refractivity contribution >= 4 is 11.9 Å². The van der Waals surface area contributed by atoms with E-state index in [-0.39, 0.29) is 24.9 Å². The van der Waals surface area contributed by atoms with Crippen LogP contribution in [-0.4, -0.2) is 46.9 Å². The molecule has 0 heterocycles. The highest BCUT2D eigenvalue weighted by Gasteiger charge is 2.24. The molecule has 0 rings (SSSR count). The molecule has 3 atom stereocenters. The second-order valence-electron chi connectivity index (χ2n) is 19.0. The Morgan fingerprint density at radius 1 is 0.462 bits per heavy atom. The van der Waals surface area contributed by atoms with Crippen LogP contribution in [0.3, 0.4) is 0 Å². The van der Waals surface area contributed by atoms with Gasteiger partial charge in [-0.3, -0.25) is 9.59 Å². The molecule has 0 saturated carbocycles. The Bertz CT molecular complexity index is 1160. The topological polar surface area (TPSA) is 95.9 Å². The highest BCUT2D eigenvalue weighted by molar-refractivity contribution is 5.77. The molecule has 0 fully saturated rings. The molecular formula is C59H107NO5. The predicted molar refractivity (Wildman–Crippen MR) is 282 cm³/mol. The molecule has 0 aliphatic heterocycles. The zero-order chi connectivity index (χ0) is 47.4. The third kappa shape index (κ3) is 47.8. The van der Waals surface area contributed by atoms with Crippen LogP contribution in [0.15, 0.2) is 60.8 Å². The number of hydrogen-bond acceptors (Lipinski definition) is 5. The summed E-state index contributed by atoms with van der Waals surface area (Å²) >= 11 is 0. The third-order valence-corrected chi connectivity index (χ3v) is 12.6. The van der Waals surface area contributed by atoms with Crippen molar-refractivity contribution < 1.29 is 24.5 Å². The lowest BCUT2D eigenvalue weighted by Gasteiger charge is -2.24. The monoisotopic (exact) mass is 910 g/mol. The van der Waals surface area contributed by atoms with E-state index in [9.17, 15) is 19.8 Å². The smallest absolute Gasteiger partial charge is 0.306 e. The van der Waals surface area contributed by atoms with Gasteiger partial charge in [0.25, 0.3) is 0 Å². The van der Waals surface area contributed by atoms with E-state index in [0.29, 0.717) is 19.3 Å². The molecule has 0 aliphatic carbocycles. The number of hydrogen-bond donors (Lipinski definition) is 3. The number of allylic oxidation sites excluding steroid dienone is 10. The Morgan fingerprint density at radius 2 is 0.846 bits per heavy atom. The number of aliphatic hydroxyl groups excluding tert-OH is 2. The van der Waals surface area contributed by atoms with Crippen LogP contribution in [0.4, 0.5) is 0 Å². The second-order valence-corrected chi connectivity index (χ2v) is 19.0. The average Bonchev–Trinajstić information content (AvgIpc) is 3.30. The van der Waals surface area contributed by atoms with Gasteiger partial charge in [0.1, 0.15) is 6.10 Å². The molecule has 0 aromatic carbocycles. The lowest BCUT2D eigenvalue weighted by Crippen LogP contribution is -2.46. The number of carbonyl (C=O) groups is 2. The van der Waals surface area contributed by atoms with Crippen molar-refractivity contribution in [3.05, 3.63) is 60.8 Å². The number of aliphatic hydroxyl groups is 2. The highest BCUT2D eigenvalue weighted by atomic mass is 16.5. The number of carbonyl (C=O) groups excluding carboxylic acids is 2. The molecule has 65 heavy (non-hydrogen) atoms. The summed E-state index contributed by atoms with van der Waals surface area (Å²) in [6, 6.07) is -0.710. The minimum absolute atomic E-state index is 0.0632. The van der Waals surface area contributed by atoms with Crippen LogP contribution in [0, 0.1) is 0 Å². The van der Waals surface area contributed by atoms with Crippen LogP contribution >= 0.6 is 0 Å². The van der Waals surface area contributed by atoms with Crippen molar-refractivity contribution in [3.8, 4) is 0 Å². The lowest BCUT2D eigenvalue weighted by atomic mass is 10.0. The largest absolute Gasteiger partial charge is 0.462 e. The fourth-order valence-electron chi connectivity index (χ4n) is 8.34. The molecule has 0 aliphatic rings. The maximum Gasteiger partial charge on any atom is 0.306 e. The first-order chi connectivity index (χ1) is 32.0. The van der Waals surface area contributed by atoms with Crippen LogP contribution in [0.1, 0.15) is 278 Å². The van der Waals surface area contributed by atoms with Crippen LogP contribution in [0.2, 0.25) is 0 Å². The quantitative estimate of drug-likeness (QED) is 0.0245. The van der Waals surface area contributed by atoms with Gasteiger partial charge in [-0.1, -0.05) is 242 Å². The molecule has 6 nitrogen and oxygen atoms in total. The van der Waals surface area contributed by atoms with Gasteiger partial charge in [-0.15, -0.1) is 0 Å². The lowest BCUT2D eigenvalue weighted by molar-refractivity contribution is -0.151. The molecule has 0 spiro atoms. The summed E-state index contributed by atoms with van der Waals surface area (Å²) in [4.78, 5) is 26.2. The minimum Gasteiger partial charge on any atom is -0.462 e. The number of nitrogens with one attached hydrogen (secondary N) is 1. The number of esters is 1. The number of unbranched alkanes of at least 4 members (excludes halogenated alkanes) is 30. The second kappa shape index (κ2) is 52.5. The zero-order valence-electron chi connectivity index (χ0n) is 43.1. The predicted octanol–water partition coefficient (Wildman–Crippen LogP) is 17.2. The molecule has 0 saturated heterocycles. The number of rotatable bonds is 50. The van der Waals surface area contributed by atoms with Crippen molar-refractivity contribution in [3.63, 3.8) is 0 Å². The van der Waals surface area contributed by atoms with E-state index in [2.05, 4.69) is 86.8 Å². The van der Waals surface area contributed by atoms with Gasteiger partial charge in [-0.2, -0.15) is 0 Å². The SMILES string of the molecule is CCCCC/C=C\C/C=C\CCCCCCCCCC(CC(=O)NC(CO)C(O)CCCCCCCCCCCCC)OC(=O)CCCCCCC/C=C/C=C/C=C/CCCCCCC. The van der Waals surface area contributed by atoms with Gasteiger partial charge in [0.2, 0.25) is 5.91 Å². The van der Waals surface area contributed by atoms with Gasteiger partial charge < -0.3 is 20.3 Å². The van der Waals surface area contributed by atoms with E-state index in [0.717, 1.165) is 89.9 Å². The summed E-state index contributed by atoms with van der Waals surface area (Å²) in [7, 11) is 0. The Labute approximate surface area is 403 Å². The highest BCUT2D eigenvalue weighted by Crippen LogP contribution is 2.18. The molecule has 0 radical (unpaired) electrons. The van der Waals surface area contributed by atoms with Gasteiger partial charge >= 0.3 is 5.97 Å². The first kappa shape index (κ1) is 62.6. The summed E-state index contributed by atoms with van der Waals surface area (Å²) in [5.74, 6) is -0.499. The maximum absolute atomic E-state index is 13.2. The summed E-state index contributed by atoms with van der Waals surface area (Å²) in [5.41, 5.74) is 0. The number of ether oxygens (including phenoxy) is 1. The molecule has 0 aromatic heterocycles. The van der Waals surface area contributed by atoms with Crippen LogP contribution in [0.25, 0.3) is 0 Å². The average molecular weight is 911 g/mol. The van der Waals surface area contributed by atoms with Crippen LogP contribution < -0.4 is 5.32 Å². The van der Waals surface area contributed by atoms with Crippen molar-refractivity contribution in [2.24, 2.45) is 0 Å². The molecular weight excluding hydrogens is 803 g/mol. The van der Waals surface area contributed by atoms with Gasteiger partial charge in [0.15, 0.2) is 0 Å². The minimum atomic E-state index is -0.795. The van der Waals surface area contributed by atoms with Crippen molar-refractivity contribution in [1.82, 2.24) is 5.32 Å². The van der Waals surface area contributed by atoms with Crippen molar-refractivity contribution in [2.45, 2.75) is 296 Å². The summed E-state index contributed by atoms with van der Waals surface area (Å²) in [5, 5.41) is 23.8. The van der Waals surface area contributed by atoms with E-state index in [4.69, 9.17) is 4.74 Å². The molecule has 3 N–H and O–H groups in total. The summed E-state index contributed by atoms with van der Waals surface area (Å²) < 4.78 is 5.95. The van der Waals surface area contributed by atoms with E-state index in [1.807, 2.05) is 0 Å². The van der Waals surface area contributed by atoms with Gasteiger partial charge in [0, 0.05) is 6.42 Å². The van der Waals surface area contributed by atoms with Crippen LogP contribution in [0.5, 0.6) is 0 Å². The van der Waals surface area contributed by atoms with Gasteiger partial charge in [-0.25, -0.2) is 0 Å². The summed E-state index contributed by atoms with van der Waals surface area (Å²) in [6.45, 7) is 6.44. The van der Waals surface area contributed by atoms with E-state index >= 15 is 0 Å². The molecule has 378 valence electrons. The zero-order valence-corrected chi connectivity index (χ0v) is 43.1. The Kier molecular flexibility index (Phi) is 50.6. The molecule has 0 aromatic rings. The van der Waals surface area contributed by atoms with Crippen molar-refractivity contribution in [2.75, 3.05) is 6.61 Å². The molecule has 1 amide bonds. The normalized spacial score (nSPS) is 13.6. The van der Waals surface area contributed by atoms with E-state index < -0.39 is 18.2 Å². The fraction of sp³-hybridized carbons (Fsp3) is 0.797. The molecule has 6 heteroatoms. The Morgan fingerprint density at radius 3 is 1.32 bits per heavy atom. The van der Waals surface area contributed by atoms with E-state index in [1.165, 1.54) is 141 Å². The third-order valence-electron chi connectivity index (χ3n) is 12.6. The maximum atomic E-state index is 13.2. The number of amides is 1. The van der Waals surface area contributed by atoms with E-state index in [1.54, 1.807) is 0 Å². The van der Waals surface area contributed by atoms with Gasteiger partial charge in [0.05, 0.1) is 25.2 Å². The first-order valence-corrected chi connectivity index (χ1v) is 28.0. The fourth-order valence-corrected chi connectivity index (χ4v) is 8.34. The molecule has 0 bridgehead atoms.